The summed E-state index contributed by atoms with van der Waals surface area (Å²) in [6, 6.07) is 11.0. The van der Waals surface area contributed by atoms with E-state index in [1.54, 1.807) is 36.4 Å². The molecular formula is C19H18ClNO5S. The topological polar surface area (TPSA) is 80.8 Å². The summed E-state index contributed by atoms with van der Waals surface area (Å²) in [5.41, 5.74) is 1.91. The van der Waals surface area contributed by atoms with Crippen molar-refractivity contribution < 1.29 is 22.7 Å². The van der Waals surface area contributed by atoms with Crippen LogP contribution in [0.4, 0.5) is 5.69 Å². The van der Waals surface area contributed by atoms with Crippen LogP contribution in [0.1, 0.15) is 33.2 Å². The molecule has 0 aliphatic carbocycles. The summed E-state index contributed by atoms with van der Waals surface area (Å²) in [5, 5.41) is 0.252. The lowest BCUT2D eigenvalue weighted by Gasteiger charge is -2.21. The van der Waals surface area contributed by atoms with Gasteiger partial charge < -0.3 is 4.74 Å². The summed E-state index contributed by atoms with van der Waals surface area (Å²) in [4.78, 5) is 24.4. The highest BCUT2D eigenvalue weighted by Crippen LogP contribution is 2.34. The monoisotopic (exact) mass is 407 g/mol. The number of ketones is 1. The molecule has 2 aromatic carbocycles. The number of fused-ring (bicyclic) bond motifs is 1. The predicted molar refractivity (Wildman–Crippen MR) is 103 cm³/mol. The van der Waals surface area contributed by atoms with Gasteiger partial charge in [-0.05, 0) is 49.2 Å². The van der Waals surface area contributed by atoms with Gasteiger partial charge in [-0.1, -0.05) is 23.7 Å². The number of anilines is 1. The van der Waals surface area contributed by atoms with Crippen LogP contribution in [0.15, 0.2) is 42.5 Å². The van der Waals surface area contributed by atoms with Crippen LogP contribution in [0.5, 0.6) is 0 Å². The fourth-order valence-electron chi connectivity index (χ4n) is 3.20. The van der Waals surface area contributed by atoms with Crippen LogP contribution >= 0.6 is 11.6 Å². The summed E-state index contributed by atoms with van der Waals surface area (Å²) in [6.07, 6.45) is 1.68. The van der Waals surface area contributed by atoms with E-state index in [1.165, 1.54) is 10.4 Å². The van der Waals surface area contributed by atoms with Gasteiger partial charge >= 0.3 is 5.97 Å². The minimum Gasteiger partial charge on any atom is -0.454 e. The summed E-state index contributed by atoms with van der Waals surface area (Å²) >= 11 is 5.94. The number of esters is 1. The zero-order chi connectivity index (χ0) is 19.8. The smallest absolute Gasteiger partial charge is 0.340 e. The molecule has 0 spiro atoms. The fraction of sp³-hybridized carbons (Fsp3) is 0.263. The lowest BCUT2D eigenvalue weighted by molar-refractivity contribution is 0.0475. The van der Waals surface area contributed by atoms with Crippen LogP contribution in [-0.4, -0.2) is 39.1 Å². The first kappa shape index (κ1) is 19.4. The Bertz CT molecular complexity index is 1020. The van der Waals surface area contributed by atoms with E-state index in [0.29, 0.717) is 17.7 Å². The van der Waals surface area contributed by atoms with E-state index < -0.39 is 22.6 Å². The van der Waals surface area contributed by atoms with E-state index in [9.17, 15) is 18.0 Å². The molecule has 1 aliphatic rings. The van der Waals surface area contributed by atoms with Crippen molar-refractivity contribution in [2.45, 2.75) is 19.4 Å². The molecule has 3 rings (SSSR count). The van der Waals surface area contributed by atoms with Crippen LogP contribution in [-0.2, 0) is 21.2 Å². The van der Waals surface area contributed by atoms with Gasteiger partial charge in [0, 0.05) is 11.6 Å². The molecule has 0 fully saturated rings. The number of hydrogen-bond donors (Lipinski definition) is 0. The lowest BCUT2D eigenvalue weighted by atomic mass is 10.0. The van der Waals surface area contributed by atoms with E-state index in [-0.39, 0.29) is 22.4 Å². The van der Waals surface area contributed by atoms with Gasteiger partial charge in [-0.2, -0.15) is 0 Å². The lowest BCUT2D eigenvalue weighted by Crippen LogP contribution is -2.34. The number of hydrogen-bond acceptors (Lipinski definition) is 5. The first-order chi connectivity index (χ1) is 12.7. The maximum atomic E-state index is 12.4. The van der Waals surface area contributed by atoms with Gasteiger partial charge in [0.05, 0.1) is 22.5 Å². The zero-order valence-electron chi connectivity index (χ0n) is 14.8. The third-order valence-corrected chi connectivity index (χ3v) is 5.94. The molecule has 1 heterocycles. The maximum Gasteiger partial charge on any atom is 0.340 e. The van der Waals surface area contributed by atoms with E-state index in [4.69, 9.17) is 16.3 Å². The number of carbonyl (C=O) groups is 2. The molecule has 2 aromatic rings. The minimum absolute atomic E-state index is 0.193. The highest BCUT2D eigenvalue weighted by molar-refractivity contribution is 7.92. The van der Waals surface area contributed by atoms with Gasteiger partial charge in [-0.25, -0.2) is 13.2 Å². The molecule has 0 bridgehead atoms. The molecule has 0 unspecified atom stereocenters. The first-order valence-corrected chi connectivity index (χ1v) is 10.5. The van der Waals surface area contributed by atoms with Crippen LogP contribution in [0, 0.1) is 0 Å². The number of rotatable bonds is 5. The van der Waals surface area contributed by atoms with Crippen LogP contribution in [0.3, 0.4) is 0 Å². The Balaban J connectivity index is 1.73. The molecule has 0 aromatic heterocycles. The summed E-state index contributed by atoms with van der Waals surface area (Å²) in [6.45, 7) is 1.39. The van der Waals surface area contributed by atoms with Crippen molar-refractivity contribution in [2.75, 3.05) is 17.2 Å². The van der Waals surface area contributed by atoms with Gasteiger partial charge in [0.15, 0.2) is 12.4 Å². The third kappa shape index (κ3) is 3.99. The molecule has 0 radical (unpaired) electrons. The molecule has 1 aliphatic heterocycles. The Labute approximate surface area is 162 Å². The number of halogens is 1. The molecule has 0 saturated heterocycles. The first-order valence-electron chi connectivity index (χ1n) is 8.25. The molecule has 8 heteroatoms. The van der Waals surface area contributed by atoms with Gasteiger partial charge in [0.25, 0.3) is 0 Å². The highest BCUT2D eigenvalue weighted by Gasteiger charge is 2.32. The van der Waals surface area contributed by atoms with Crippen molar-refractivity contribution in [1.82, 2.24) is 0 Å². The van der Waals surface area contributed by atoms with Crippen molar-refractivity contribution in [3.05, 3.63) is 64.2 Å². The number of nitrogens with zero attached hydrogens (tertiary/aromatic N) is 1. The van der Waals surface area contributed by atoms with Crippen LogP contribution < -0.4 is 4.31 Å². The molecule has 0 saturated carbocycles. The molecule has 6 nitrogen and oxygen atoms in total. The number of benzene rings is 2. The minimum atomic E-state index is -3.39. The average molecular weight is 408 g/mol. The largest absolute Gasteiger partial charge is 0.454 e. The highest BCUT2D eigenvalue weighted by atomic mass is 35.5. The average Bonchev–Trinajstić information content (AvgIpc) is 2.94. The second kappa shape index (κ2) is 7.32. The number of carbonyl (C=O) groups excluding carboxylic acids is 2. The molecule has 1 atom stereocenters. The van der Waals surface area contributed by atoms with Gasteiger partial charge in [-0.15, -0.1) is 0 Å². The molecule has 27 heavy (non-hydrogen) atoms. The van der Waals surface area contributed by atoms with Crippen molar-refractivity contribution in [3.8, 4) is 0 Å². The summed E-state index contributed by atoms with van der Waals surface area (Å²) in [7, 11) is -3.39. The van der Waals surface area contributed by atoms with E-state index in [2.05, 4.69) is 0 Å². The molecule has 0 N–H and O–H groups in total. The van der Waals surface area contributed by atoms with Crippen LogP contribution in [0.2, 0.25) is 5.02 Å². The summed E-state index contributed by atoms with van der Waals surface area (Å²) < 4.78 is 30.3. The van der Waals surface area contributed by atoms with Gasteiger partial charge in [0.1, 0.15) is 0 Å². The Morgan fingerprint density at radius 1 is 1.22 bits per heavy atom. The number of sulfonamides is 1. The molecule has 0 amide bonds. The van der Waals surface area contributed by atoms with Gasteiger partial charge in [0.2, 0.25) is 10.0 Å². The summed E-state index contributed by atoms with van der Waals surface area (Å²) in [5.74, 6) is -1.05. The quantitative estimate of drug-likeness (QED) is 0.562. The van der Waals surface area contributed by atoms with Crippen molar-refractivity contribution in [3.63, 3.8) is 0 Å². The SMILES string of the molecule is C[C@@H]1Cc2cc(C(=O)COC(=O)c3ccccc3Cl)ccc2N1S(C)(=O)=O. The molecule has 142 valence electrons. The van der Waals surface area contributed by atoms with Crippen molar-refractivity contribution >= 4 is 39.1 Å². The fourth-order valence-corrected chi connectivity index (χ4v) is 4.68. The molecular weight excluding hydrogens is 390 g/mol. The second-order valence-corrected chi connectivity index (χ2v) is 8.70. The van der Waals surface area contributed by atoms with E-state index in [0.717, 1.165) is 11.8 Å². The Hall–Kier alpha value is -2.38. The third-order valence-electron chi connectivity index (χ3n) is 4.34. The van der Waals surface area contributed by atoms with Crippen molar-refractivity contribution in [2.24, 2.45) is 0 Å². The maximum absolute atomic E-state index is 12.4. The van der Waals surface area contributed by atoms with E-state index >= 15 is 0 Å². The zero-order valence-corrected chi connectivity index (χ0v) is 16.4. The normalized spacial score (nSPS) is 16.1. The Morgan fingerprint density at radius 3 is 2.59 bits per heavy atom. The van der Waals surface area contributed by atoms with Crippen LogP contribution in [0.25, 0.3) is 0 Å². The van der Waals surface area contributed by atoms with E-state index in [1.807, 2.05) is 6.92 Å². The number of Topliss-reactive ketones (excluding diaryl/α,β-unsaturated/α-hetero) is 1. The van der Waals surface area contributed by atoms with Gasteiger partial charge in [-0.3, -0.25) is 9.10 Å². The standard InChI is InChI=1S/C19H18ClNO5S/c1-12-9-14-10-13(7-8-17(14)21(12)27(2,24)25)18(22)11-26-19(23)15-5-3-4-6-16(15)20/h3-8,10,12H,9,11H2,1-2H3/t12-/m1/s1. The second-order valence-electron chi connectivity index (χ2n) is 6.43. The Kier molecular flexibility index (Phi) is 5.26. The number of ether oxygens (including phenoxy) is 1. The predicted octanol–water partition coefficient (Wildman–Crippen LogP) is 3.09. The van der Waals surface area contributed by atoms with Crippen molar-refractivity contribution in [1.29, 1.82) is 0 Å². The Morgan fingerprint density at radius 2 is 1.93 bits per heavy atom.